The molecule has 3 nitrogen and oxygen atoms in total. The Labute approximate surface area is 199 Å². The number of halogens is 2. The van der Waals surface area contributed by atoms with Gasteiger partial charge in [-0.05, 0) is 50.2 Å². The molecule has 1 aromatic carbocycles. The SMILES string of the molecule is CCCCCCCCOc1ccc(OC(=O)C2CCC(CCCCCCC)CC2)c(F)c1F. The molecule has 1 aromatic rings. The molecule has 1 fully saturated rings. The minimum Gasteiger partial charge on any atom is -0.490 e. The van der Waals surface area contributed by atoms with Crippen LogP contribution in [0.5, 0.6) is 11.5 Å². The van der Waals surface area contributed by atoms with E-state index in [-0.39, 0.29) is 17.4 Å². The Balaban J connectivity index is 1.72. The highest BCUT2D eigenvalue weighted by Gasteiger charge is 2.28. The highest BCUT2D eigenvalue weighted by molar-refractivity contribution is 5.75. The second kappa shape index (κ2) is 16.1. The number of hydrogen-bond acceptors (Lipinski definition) is 3. The van der Waals surface area contributed by atoms with Gasteiger partial charge in [-0.2, -0.15) is 8.78 Å². The molecule has 1 saturated carbocycles. The summed E-state index contributed by atoms with van der Waals surface area (Å²) < 4.78 is 39.5. The molecule has 1 aliphatic carbocycles. The van der Waals surface area contributed by atoms with Crippen LogP contribution in [0.4, 0.5) is 8.78 Å². The Morgan fingerprint density at radius 2 is 1.33 bits per heavy atom. The fraction of sp³-hybridized carbons (Fsp3) is 0.750. The molecule has 1 aliphatic rings. The smallest absolute Gasteiger partial charge is 0.314 e. The zero-order chi connectivity index (χ0) is 23.9. The summed E-state index contributed by atoms with van der Waals surface area (Å²) in [6, 6.07) is 2.66. The highest BCUT2D eigenvalue weighted by Crippen LogP contribution is 2.34. The van der Waals surface area contributed by atoms with Gasteiger partial charge in [0.1, 0.15) is 0 Å². The molecule has 0 aromatic heterocycles. The summed E-state index contributed by atoms with van der Waals surface area (Å²) in [6.07, 6.45) is 17.8. The third-order valence-corrected chi connectivity index (χ3v) is 6.87. The van der Waals surface area contributed by atoms with E-state index in [9.17, 15) is 13.6 Å². The first-order chi connectivity index (χ1) is 16.1. The summed E-state index contributed by atoms with van der Waals surface area (Å²) in [5.74, 6) is -2.71. The van der Waals surface area contributed by atoms with E-state index in [0.29, 0.717) is 12.5 Å². The van der Waals surface area contributed by atoms with Crippen LogP contribution in [0.1, 0.15) is 117 Å². The van der Waals surface area contributed by atoms with Crippen LogP contribution in [0.25, 0.3) is 0 Å². The molecule has 0 bridgehead atoms. The monoisotopic (exact) mass is 466 g/mol. The van der Waals surface area contributed by atoms with Crippen molar-refractivity contribution in [3.05, 3.63) is 23.8 Å². The Morgan fingerprint density at radius 1 is 0.788 bits per heavy atom. The number of unbranched alkanes of at least 4 members (excludes halogenated alkanes) is 9. The van der Waals surface area contributed by atoms with Crippen LogP contribution in [-0.4, -0.2) is 12.6 Å². The molecular formula is C28H44F2O3. The molecule has 0 spiro atoms. The lowest BCUT2D eigenvalue weighted by Gasteiger charge is -2.27. The molecule has 0 heterocycles. The summed E-state index contributed by atoms with van der Waals surface area (Å²) in [5.41, 5.74) is 0. The standard InChI is InChI=1S/C28H44F2O3/c1-3-5-7-9-11-13-21-32-24-19-20-25(27(30)26(24)29)33-28(31)23-17-15-22(16-18-23)14-12-10-8-6-4-2/h19-20,22-23H,3-18,21H2,1-2H3. The van der Waals surface area contributed by atoms with Crippen molar-refractivity contribution in [3.63, 3.8) is 0 Å². The predicted octanol–water partition coefficient (Wildman–Crippen LogP) is 8.78. The van der Waals surface area contributed by atoms with E-state index in [1.165, 1.54) is 69.9 Å². The normalized spacial score (nSPS) is 18.3. The van der Waals surface area contributed by atoms with Crippen LogP contribution in [0, 0.1) is 23.5 Å². The number of hydrogen-bond donors (Lipinski definition) is 0. The van der Waals surface area contributed by atoms with E-state index in [1.807, 2.05) is 0 Å². The van der Waals surface area contributed by atoms with E-state index in [1.54, 1.807) is 0 Å². The average Bonchev–Trinajstić information content (AvgIpc) is 2.83. The van der Waals surface area contributed by atoms with E-state index in [2.05, 4.69) is 13.8 Å². The van der Waals surface area contributed by atoms with Gasteiger partial charge in [0.2, 0.25) is 11.6 Å². The molecule has 0 amide bonds. The minimum atomic E-state index is -1.15. The molecule has 0 N–H and O–H groups in total. The number of esters is 1. The van der Waals surface area contributed by atoms with Crippen molar-refractivity contribution in [2.45, 2.75) is 117 Å². The van der Waals surface area contributed by atoms with E-state index >= 15 is 0 Å². The van der Waals surface area contributed by atoms with Gasteiger partial charge in [0.15, 0.2) is 11.5 Å². The molecule has 0 radical (unpaired) electrons. The molecular weight excluding hydrogens is 422 g/mol. The molecule has 33 heavy (non-hydrogen) atoms. The fourth-order valence-corrected chi connectivity index (χ4v) is 4.68. The first-order valence-electron chi connectivity index (χ1n) is 13.4. The van der Waals surface area contributed by atoms with Crippen LogP contribution in [0.3, 0.4) is 0 Å². The summed E-state index contributed by atoms with van der Waals surface area (Å²) in [7, 11) is 0. The zero-order valence-electron chi connectivity index (χ0n) is 20.8. The summed E-state index contributed by atoms with van der Waals surface area (Å²) in [4.78, 5) is 12.5. The second-order valence-electron chi connectivity index (χ2n) is 9.65. The number of rotatable bonds is 16. The first-order valence-corrected chi connectivity index (χ1v) is 13.4. The molecule has 0 aliphatic heterocycles. The van der Waals surface area contributed by atoms with Crippen molar-refractivity contribution in [2.24, 2.45) is 11.8 Å². The molecule has 2 rings (SSSR count). The summed E-state index contributed by atoms with van der Waals surface area (Å²) in [5, 5.41) is 0. The highest BCUT2D eigenvalue weighted by atomic mass is 19.2. The Kier molecular flexibility index (Phi) is 13.4. The summed E-state index contributed by atoms with van der Waals surface area (Å²) >= 11 is 0. The quantitative estimate of drug-likeness (QED) is 0.139. The minimum absolute atomic E-state index is 0.125. The van der Waals surface area contributed by atoms with Gasteiger partial charge >= 0.3 is 5.97 Å². The lowest BCUT2D eigenvalue weighted by atomic mass is 9.80. The second-order valence-corrected chi connectivity index (χ2v) is 9.65. The maximum Gasteiger partial charge on any atom is 0.314 e. The van der Waals surface area contributed by atoms with Gasteiger partial charge in [-0.1, -0.05) is 84.5 Å². The lowest BCUT2D eigenvalue weighted by Crippen LogP contribution is -2.26. The average molecular weight is 467 g/mol. The van der Waals surface area contributed by atoms with Gasteiger partial charge < -0.3 is 9.47 Å². The first kappa shape index (κ1) is 27.6. The number of benzene rings is 1. The Hall–Kier alpha value is -1.65. The van der Waals surface area contributed by atoms with Gasteiger partial charge in [0.05, 0.1) is 12.5 Å². The number of carbonyl (C=O) groups excluding carboxylic acids is 1. The molecule has 0 unspecified atom stereocenters. The van der Waals surface area contributed by atoms with Crippen molar-refractivity contribution in [3.8, 4) is 11.5 Å². The van der Waals surface area contributed by atoms with Crippen LogP contribution in [0.2, 0.25) is 0 Å². The fourth-order valence-electron chi connectivity index (χ4n) is 4.68. The van der Waals surface area contributed by atoms with Gasteiger partial charge in [0, 0.05) is 0 Å². The molecule has 188 valence electrons. The number of carbonyl (C=O) groups is 1. The Bertz CT molecular complexity index is 684. The van der Waals surface area contributed by atoms with Crippen molar-refractivity contribution >= 4 is 5.97 Å². The predicted molar refractivity (Wildman–Crippen MR) is 130 cm³/mol. The van der Waals surface area contributed by atoms with Crippen LogP contribution in [0.15, 0.2) is 12.1 Å². The van der Waals surface area contributed by atoms with Gasteiger partial charge in [0.25, 0.3) is 0 Å². The van der Waals surface area contributed by atoms with Crippen LogP contribution in [-0.2, 0) is 4.79 Å². The maximum absolute atomic E-state index is 14.5. The zero-order valence-corrected chi connectivity index (χ0v) is 20.8. The van der Waals surface area contributed by atoms with E-state index < -0.39 is 17.6 Å². The lowest BCUT2D eigenvalue weighted by molar-refractivity contribution is -0.140. The number of ether oxygens (including phenoxy) is 2. The third-order valence-electron chi connectivity index (χ3n) is 6.87. The maximum atomic E-state index is 14.5. The topological polar surface area (TPSA) is 35.5 Å². The van der Waals surface area contributed by atoms with E-state index in [4.69, 9.17) is 9.47 Å². The van der Waals surface area contributed by atoms with Gasteiger partial charge in [-0.25, -0.2) is 0 Å². The Morgan fingerprint density at radius 3 is 2.00 bits per heavy atom. The van der Waals surface area contributed by atoms with Crippen molar-refractivity contribution < 1.29 is 23.0 Å². The van der Waals surface area contributed by atoms with Crippen LogP contribution < -0.4 is 9.47 Å². The molecule has 0 atom stereocenters. The largest absolute Gasteiger partial charge is 0.490 e. The van der Waals surface area contributed by atoms with Crippen molar-refractivity contribution in [1.82, 2.24) is 0 Å². The third kappa shape index (κ3) is 10.0. The van der Waals surface area contributed by atoms with Gasteiger partial charge in [-0.15, -0.1) is 0 Å². The van der Waals surface area contributed by atoms with Crippen molar-refractivity contribution in [1.29, 1.82) is 0 Å². The van der Waals surface area contributed by atoms with Crippen LogP contribution >= 0.6 is 0 Å². The molecule has 0 saturated heterocycles. The summed E-state index contributed by atoms with van der Waals surface area (Å²) in [6.45, 7) is 4.74. The van der Waals surface area contributed by atoms with Crippen molar-refractivity contribution in [2.75, 3.05) is 6.61 Å². The molecule has 5 heteroatoms. The van der Waals surface area contributed by atoms with Gasteiger partial charge in [-0.3, -0.25) is 4.79 Å². The van der Waals surface area contributed by atoms with E-state index in [0.717, 1.165) is 44.9 Å².